The van der Waals surface area contributed by atoms with Crippen LogP contribution in [-0.4, -0.2) is 25.1 Å². The fraction of sp³-hybridized carbons (Fsp3) is 0.158. The maximum atomic E-state index is 12.2. The normalized spacial score (nSPS) is 11.3. The Morgan fingerprint density at radius 3 is 2.48 bits per heavy atom. The SMILES string of the molecule is O=C(CS(=O)(=O)Cc1ccc(Br)cc1)NCc1nc(-c2ccccc2)cs1. The van der Waals surface area contributed by atoms with Gasteiger partial charge in [0.05, 0.1) is 18.0 Å². The van der Waals surface area contributed by atoms with E-state index < -0.39 is 21.5 Å². The Morgan fingerprint density at radius 2 is 1.78 bits per heavy atom. The first-order chi connectivity index (χ1) is 12.9. The van der Waals surface area contributed by atoms with Gasteiger partial charge in [-0.05, 0) is 17.7 Å². The van der Waals surface area contributed by atoms with E-state index in [1.165, 1.54) is 11.3 Å². The largest absolute Gasteiger partial charge is 0.349 e. The summed E-state index contributed by atoms with van der Waals surface area (Å²) in [7, 11) is -3.53. The van der Waals surface area contributed by atoms with Crippen LogP contribution in [0.15, 0.2) is 64.5 Å². The molecule has 0 atom stereocenters. The molecule has 1 N–H and O–H groups in total. The van der Waals surface area contributed by atoms with Gasteiger partial charge in [-0.15, -0.1) is 11.3 Å². The van der Waals surface area contributed by atoms with Crippen molar-refractivity contribution in [2.75, 3.05) is 5.75 Å². The molecule has 0 unspecified atom stereocenters. The molecule has 0 saturated carbocycles. The molecular formula is C19H17BrN2O3S2. The fourth-order valence-corrected chi connectivity index (χ4v) is 4.76. The molecule has 8 heteroatoms. The van der Waals surface area contributed by atoms with Gasteiger partial charge in [0.1, 0.15) is 10.8 Å². The second-order valence-corrected chi connectivity index (χ2v) is 9.85. The molecule has 0 aliphatic heterocycles. The van der Waals surface area contributed by atoms with Gasteiger partial charge >= 0.3 is 0 Å². The van der Waals surface area contributed by atoms with E-state index >= 15 is 0 Å². The van der Waals surface area contributed by atoms with Crippen molar-refractivity contribution in [3.8, 4) is 11.3 Å². The van der Waals surface area contributed by atoms with Gasteiger partial charge in [0.2, 0.25) is 5.91 Å². The molecule has 3 rings (SSSR count). The summed E-state index contributed by atoms with van der Waals surface area (Å²) in [5.41, 5.74) is 2.49. The van der Waals surface area contributed by atoms with Crippen molar-refractivity contribution in [1.29, 1.82) is 0 Å². The van der Waals surface area contributed by atoms with Crippen LogP contribution in [0.1, 0.15) is 10.6 Å². The highest BCUT2D eigenvalue weighted by molar-refractivity contribution is 9.10. The molecule has 0 spiro atoms. The third-order valence-corrected chi connectivity index (χ3v) is 6.56. The number of nitrogens with zero attached hydrogens (tertiary/aromatic N) is 1. The first-order valence-electron chi connectivity index (χ1n) is 8.13. The van der Waals surface area contributed by atoms with Crippen molar-refractivity contribution < 1.29 is 13.2 Å². The Morgan fingerprint density at radius 1 is 1.07 bits per heavy atom. The second kappa shape index (κ2) is 8.77. The fourth-order valence-electron chi connectivity index (χ4n) is 2.44. The number of rotatable bonds is 7. The Labute approximate surface area is 170 Å². The monoisotopic (exact) mass is 464 g/mol. The molecule has 3 aromatic rings. The lowest BCUT2D eigenvalue weighted by atomic mass is 10.2. The number of halogens is 1. The van der Waals surface area contributed by atoms with E-state index in [4.69, 9.17) is 0 Å². The topological polar surface area (TPSA) is 76.1 Å². The van der Waals surface area contributed by atoms with Gasteiger partial charge in [0.25, 0.3) is 0 Å². The van der Waals surface area contributed by atoms with Crippen molar-refractivity contribution >= 4 is 43.0 Å². The molecule has 140 valence electrons. The summed E-state index contributed by atoms with van der Waals surface area (Å²) < 4.78 is 25.3. The highest BCUT2D eigenvalue weighted by atomic mass is 79.9. The van der Waals surface area contributed by atoms with Gasteiger partial charge in [0, 0.05) is 15.4 Å². The third-order valence-electron chi connectivity index (χ3n) is 3.71. The van der Waals surface area contributed by atoms with E-state index in [2.05, 4.69) is 26.2 Å². The first kappa shape index (κ1) is 19.7. The third kappa shape index (κ3) is 5.98. The number of sulfone groups is 1. The highest BCUT2D eigenvalue weighted by Crippen LogP contribution is 2.21. The Balaban J connectivity index is 1.53. The molecule has 0 saturated heterocycles. The smallest absolute Gasteiger partial charge is 0.235 e. The lowest BCUT2D eigenvalue weighted by Crippen LogP contribution is -2.30. The molecule has 2 aromatic carbocycles. The summed E-state index contributed by atoms with van der Waals surface area (Å²) in [6.07, 6.45) is 0. The van der Waals surface area contributed by atoms with Crippen molar-refractivity contribution in [2.24, 2.45) is 0 Å². The zero-order valence-electron chi connectivity index (χ0n) is 14.3. The molecule has 27 heavy (non-hydrogen) atoms. The van der Waals surface area contributed by atoms with Crippen LogP contribution >= 0.6 is 27.3 Å². The van der Waals surface area contributed by atoms with Crippen LogP contribution in [0.2, 0.25) is 0 Å². The van der Waals surface area contributed by atoms with E-state index in [1.54, 1.807) is 24.3 Å². The molecule has 0 fully saturated rings. The minimum atomic E-state index is -3.53. The molecule has 5 nitrogen and oxygen atoms in total. The number of aromatic nitrogens is 1. The quantitative estimate of drug-likeness (QED) is 0.576. The predicted octanol–water partition coefficient (Wildman–Crippen LogP) is 3.80. The van der Waals surface area contributed by atoms with Gasteiger partial charge in [-0.2, -0.15) is 0 Å². The highest BCUT2D eigenvalue weighted by Gasteiger charge is 2.17. The second-order valence-electron chi connectivity index (χ2n) is 5.93. The lowest BCUT2D eigenvalue weighted by molar-refractivity contribution is -0.118. The summed E-state index contributed by atoms with van der Waals surface area (Å²) in [4.78, 5) is 16.5. The van der Waals surface area contributed by atoms with E-state index in [1.807, 2.05) is 35.7 Å². The number of carbonyl (C=O) groups is 1. The van der Waals surface area contributed by atoms with Crippen molar-refractivity contribution in [3.63, 3.8) is 0 Å². The molecule has 0 aliphatic rings. The van der Waals surface area contributed by atoms with Gasteiger partial charge in [-0.3, -0.25) is 4.79 Å². The van der Waals surface area contributed by atoms with Gasteiger partial charge in [-0.1, -0.05) is 58.4 Å². The summed E-state index contributed by atoms with van der Waals surface area (Å²) >= 11 is 4.73. The van der Waals surface area contributed by atoms with E-state index in [0.29, 0.717) is 5.56 Å². The van der Waals surface area contributed by atoms with Crippen LogP contribution in [-0.2, 0) is 26.9 Å². The first-order valence-corrected chi connectivity index (χ1v) is 11.6. The molecule has 1 amide bonds. The zero-order valence-corrected chi connectivity index (χ0v) is 17.5. The maximum Gasteiger partial charge on any atom is 0.235 e. The van der Waals surface area contributed by atoms with Crippen LogP contribution in [0.25, 0.3) is 11.3 Å². The van der Waals surface area contributed by atoms with Crippen LogP contribution in [0.3, 0.4) is 0 Å². The number of carbonyl (C=O) groups excluding carboxylic acids is 1. The standard InChI is InChI=1S/C19H17BrN2O3S2/c20-16-8-6-14(7-9-16)12-27(24,25)13-18(23)21-10-19-22-17(11-26-19)15-4-2-1-3-5-15/h1-9,11H,10,12-13H2,(H,21,23). The number of benzene rings is 2. The summed E-state index contributed by atoms with van der Waals surface area (Å²) in [5, 5.41) is 5.28. The number of hydrogen-bond acceptors (Lipinski definition) is 5. The predicted molar refractivity (Wildman–Crippen MR) is 111 cm³/mol. The molecule has 1 aromatic heterocycles. The number of amides is 1. The average molecular weight is 465 g/mol. The Kier molecular flexibility index (Phi) is 6.41. The minimum Gasteiger partial charge on any atom is -0.349 e. The summed E-state index contributed by atoms with van der Waals surface area (Å²) in [5.74, 6) is -1.23. The van der Waals surface area contributed by atoms with Gasteiger partial charge in [0.15, 0.2) is 9.84 Å². The summed E-state index contributed by atoms with van der Waals surface area (Å²) in [6.45, 7) is 0.212. The van der Waals surface area contributed by atoms with E-state index in [9.17, 15) is 13.2 Å². The molecule has 0 aliphatic carbocycles. The van der Waals surface area contributed by atoms with Crippen LogP contribution in [0.5, 0.6) is 0 Å². The minimum absolute atomic E-state index is 0.164. The van der Waals surface area contributed by atoms with Crippen LogP contribution < -0.4 is 5.32 Å². The van der Waals surface area contributed by atoms with E-state index in [-0.39, 0.29) is 12.3 Å². The van der Waals surface area contributed by atoms with Crippen molar-refractivity contribution in [3.05, 3.63) is 75.0 Å². The van der Waals surface area contributed by atoms with Crippen molar-refractivity contribution in [1.82, 2.24) is 10.3 Å². The maximum absolute atomic E-state index is 12.2. The van der Waals surface area contributed by atoms with Gasteiger partial charge in [-0.25, -0.2) is 13.4 Å². The summed E-state index contributed by atoms with van der Waals surface area (Å²) in [6, 6.07) is 16.7. The van der Waals surface area contributed by atoms with Gasteiger partial charge < -0.3 is 5.32 Å². The molecular weight excluding hydrogens is 448 g/mol. The van der Waals surface area contributed by atoms with Crippen molar-refractivity contribution in [2.45, 2.75) is 12.3 Å². The Hall–Kier alpha value is -2.03. The molecule has 0 radical (unpaired) electrons. The van der Waals surface area contributed by atoms with Crippen LogP contribution in [0, 0.1) is 0 Å². The lowest BCUT2D eigenvalue weighted by Gasteiger charge is -2.06. The molecule has 1 heterocycles. The van der Waals surface area contributed by atoms with E-state index in [0.717, 1.165) is 20.7 Å². The molecule has 0 bridgehead atoms. The average Bonchev–Trinajstić information content (AvgIpc) is 3.11. The van der Waals surface area contributed by atoms with Crippen LogP contribution in [0.4, 0.5) is 0 Å². The number of nitrogens with one attached hydrogen (secondary N) is 1. The zero-order chi connectivity index (χ0) is 19.3. The Bertz CT molecular complexity index is 1020. The number of thiazole rings is 1. The number of hydrogen-bond donors (Lipinski definition) is 1.